The SMILES string of the molecule is CC(NC1CC2CCCC(C1)N2C)c1cccc(Cl)c1. The fourth-order valence-corrected chi connectivity index (χ4v) is 4.18. The maximum Gasteiger partial charge on any atom is 0.0409 e. The lowest BCUT2D eigenvalue weighted by atomic mass is 9.82. The van der Waals surface area contributed by atoms with E-state index in [4.69, 9.17) is 11.6 Å². The van der Waals surface area contributed by atoms with E-state index < -0.39 is 0 Å². The Hall–Kier alpha value is -0.570. The molecule has 1 N–H and O–H groups in total. The van der Waals surface area contributed by atoms with Crippen LogP contribution < -0.4 is 5.32 Å². The first-order chi connectivity index (χ1) is 9.63. The minimum Gasteiger partial charge on any atom is -0.307 e. The number of rotatable bonds is 3. The van der Waals surface area contributed by atoms with E-state index in [1.165, 1.54) is 37.7 Å². The number of benzene rings is 1. The summed E-state index contributed by atoms with van der Waals surface area (Å²) in [6.45, 7) is 2.25. The van der Waals surface area contributed by atoms with E-state index in [1.54, 1.807) is 0 Å². The molecule has 2 saturated heterocycles. The highest BCUT2D eigenvalue weighted by molar-refractivity contribution is 6.30. The standard InChI is InChI=1S/C17H25ClN2/c1-12(13-5-3-6-14(18)9-13)19-15-10-16-7-4-8-17(11-15)20(16)2/h3,5-6,9,12,15-17,19H,4,7-8,10-11H2,1-2H3. The largest absolute Gasteiger partial charge is 0.307 e. The molecule has 2 bridgehead atoms. The summed E-state index contributed by atoms with van der Waals surface area (Å²) in [4.78, 5) is 2.62. The van der Waals surface area contributed by atoms with Crippen LogP contribution in [0.25, 0.3) is 0 Å². The summed E-state index contributed by atoms with van der Waals surface area (Å²) in [5.41, 5.74) is 1.29. The lowest BCUT2D eigenvalue weighted by Crippen LogP contribution is -2.54. The van der Waals surface area contributed by atoms with Gasteiger partial charge in [0.1, 0.15) is 0 Å². The van der Waals surface area contributed by atoms with E-state index in [9.17, 15) is 0 Å². The molecule has 0 spiro atoms. The molecule has 0 aromatic heterocycles. The Bertz CT molecular complexity index is 448. The highest BCUT2D eigenvalue weighted by Gasteiger charge is 2.36. The van der Waals surface area contributed by atoms with Gasteiger partial charge in [-0.15, -0.1) is 0 Å². The lowest BCUT2D eigenvalue weighted by molar-refractivity contribution is 0.0463. The fourth-order valence-electron chi connectivity index (χ4n) is 3.98. The van der Waals surface area contributed by atoms with Crippen molar-refractivity contribution in [2.45, 2.75) is 63.2 Å². The molecule has 0 saturated carbocycles. The normalized spacial score (nSPS) is 32.0. The molecule has 2 fully saturated rings. The molecule has 2 nitrogen and oxygen atoms in total. The van der Waals surface area contributed by atoms with Crippen molar-refractivity contribution in [3.8, 4) is 0 Å². The van der Waals surface area contributed by atoms with Crippen LogP contribution in [0, 0.1) is 0 Å². The lowest BCUT2D eigenvalue weighted by Gasteiger charge is -2.47. The van der Waals surface area contributed by atoms with Gasteiger partial charge in [0.05, 0.1) is 0 Å². The Balaban J connectivity index is 1.63. The van der Waals surface area contributed by atoms with E-state index in [-0.39, 0.29) is 0 Å². The van der Waals surface area contributed by atoms with Crippen LogP contribution in [-0.2, 0) is 0 Å². The second-order valence-corrected chi connectivity index (χ2v) is 6.95. The number of hydrogen-bond acceptors (Lipinski definition) is 2. The van der Waals surface area contributed by atoms with Gasteiger partial charge < -0.3 is 10.2 Å². The van der Waals surface area contributed by atoms with Crippen molar-refractivity contribution in [1.29, 1.82) is 0 Å². The Kier molecular flexibility index (Phi) is 4.34. The number of halogens is 1. The van der Waals surface area contributed by atoms with Gasteiger partial charge in [0.25, 0.3) is 0 Å². The van der Waals surface area contributed by atoms with E-state index in [1.807, 2.05) is 12.1 Å². The minimum absolute atomic E-state index is 0.378. The molecule has 110 valence electrons. The van der Waals surface area contributed by atoms with Crippen LogP contribution in [0.5, 0.6) is 0 Å². The van der Waals surface area contributed by atoms with Crippen LogP contribution in [0.3, 0.4) is 0 Å². The first-order valence-corrected chi connectivity index (χ1v) is 8.24. The molecule has 3 rings (SSSR count). The molecule has 1 aromatic carbocycles. The van der Waals surface area contributed by atoms with Crippen molar-refractivity contribution >= 4 is 11.6 Å². The summed E-state index contributed by atoms with van der Waals surface area (Å²) in [6, 6.07) is 10.8. The first kappa shape index (κ1) is 14.4. The zero-order valence-electron chi connectivity index (χ0n) is 12.5. The molecule has 3 unspecified atom stereocenters. The quantitative estimate of drug-likeness (QED) is 0.906. The summed E-state index contributed by atoms with van der Waals surface area (Å²) in [5.74, 6) is 0. The van der Waals surface area contributed by atoms with Crippen LogP contribution in [0.4, 0.5) is 0 Å². The zero-order valence-corrected chi connectivity index (χ0v) is 13.2. The Labute approximate surface area is 127 Å². The molecule has 1 aromatic rings. The van der Waals surface area contributed by atoms with Gasteiger partial charge in [0.15, 0.2) is 0 Å². The van der Waals surface area contributed by atoms with Gasteiger partial charge in [-0.25, -0.2) is 0 Å². The Morgan fingerprint density at radius 1 is 1.25 bits per heavy atom. The fraction of sp³-hybridized carbons (Fsp3) is 0.647. The number of hydrogen-bond donors (Lipinski definition) is 1. The smallest absolute Gasteiger partial charge is 0.0409 e. The van der Waals surface area contributed by atoms with Crippen molar-refractivity contribution in [2.24, 2.45) is 0 Å². The van der Waals surface area contributed by atoms with Crippen LogP contribution in [0.2, 0.25) is 5.02 Å². The first-order valence-electron chi connectivity index (χ1n) is 7.87. The summed E-state index contributed by atoms with van der Waals surface area (Å²) >= 11 is 6.09. The number of piperidine rings is 2. The van der Waals surface area contributed by atoms with Gasteiger partial charge in [0.2, 0.25) is 0 Å². The molecule has 0 amide bonds. The van der Waals surface area contributed by atoms with Gasteiger partial charge in [-0.1, -0.05) is 30.2 Å². The molecular weight excluding hydrogens is 268 g/mol. The van der Waals surface area contributed by atoms with Crippen molar-refractivity contribution in [1.82, 2.24) is 10.2 Å². The molecule has 2 aliphatic heterocycles. The molecule has 20 heavy (non-hydrogen) atoms. The summed E-state index contributed by atoms with van der Waals surface area (Å²) in [7, 11) is 2.31. The van der Waals surface area contributed by atoms with Crippen molar-refractivity contribution in [3.05, 3.63) is 34.9 Å². The molecule has 3 atom stereocenters. The maximum absolute atomic E-state index is 6.09. The van der Waals surface area contributed by atoms with E-state index in [0.29, 0.717) is 12.1 Å². The molecule has 0 aliphatic carbocycles. The molecule has 2 heterocycles. The number of fused-ring (bicyclic) bond motifs is 2. The zero-order chi connectivity index (χ0) is 14.1. The van der Waals surface area contributed by atoms with Crippen LogP contribution >= 0.6 is 11.6 Å². The van der Waals surface area contributed by atoms with Gasteiger partial charge in [-0.05, 0) is 57.4 Å². The highest BCUT2D eigenvalue weighted by atomic mass is 35.5. The van der Waals surface area contributed by atoms with Gasteiger partial charge >= 0.3 is 0 Å². The average Bonchev–Trinajstić information content (AvgIpc) is 2.40. The maximum atomic E-state index is 6.09. The second kappa shape index (κ2) is 6.05. The number of nitrogens with one attached hydrogen (secondary N) is 1. The predicted octanol–water partition coefficient (Wildman–Crippen LogP) is 4.01. The van der Waals surface area contributed by atoms with Crippen LogP contribution in [-0.4, -0.2) is 30.1 Å². The third-order valence-corrected chi connectivity index (χ3v) is 5.41. The average molecular weight is 293 g/mol. The molecule has 3 heteroatoms. The van der Waals surface area contributed by atoms with Crippen LogP contribution in [0.1, 0.15) is 50.6 Å². The minimum atomic E-state index is 0.378. The second-order valence-electron chi connectivity index (χ2n) is 6.52. The van der Waals surface area contributed by atoms with Crippen LogP contribution in [0.15, 0.2) is 24.3 Å². The van der Waals surface area contributed by atoms with Gasteiger partial charge in [0, 0.05) is 29.2 Å². The predicted molar refractivity (Wildman–Crippen MR) is 85.2 cm³/mol. The summed E-state index contributed by atoms with van der Waals surface area (Å²) < 4.78 is 0. The van der Waals surface area contributed by atoms with Crippen molar-refractivity contribution in [2.75, 3.05) is 7.05 Å². The van der Waals surface area contributed by atoms with Crippen molar-refractivity contribution in [3.63, 3.8) is 0 Å². The van der Waals surface area contributed by atoms with E-state index in [2.05, 4.69) is 36.3 Å². The topological polar surface area (TPSA) is 15.3 Å². The Morgan fingerprint density at radius 2 is 1.95 bits per heavy atom. The third-order valence-electron chi connectivity index (χ3n) is 5.17. The molecule has 0 radical (unpaired) electrons. The van der Waals surface area contributed by atoms with Crippen molar-refractivity contribution < 1.29 is 0 Å². The van der Waals surface area contributed by atoms with E-state index in [0.717, 1.165) is 17.1 Å². The summed E-state index contributed by atoms with van der Waals surface area (Å²) in [6.07, 6.45) is 6.74. The monoisotopic (exact) mass is 292 g/mol. The number of nitrogens with zero attached hydrogens (tertiary/aromatic N) is 1. The summed E-state index contributed by atoms with van der Waals surface area (Å²) in [5, 5.41) is 4.66. The van der Waals surface area contributed by atoms with E-state index >= 15 is 0 Å². The van der Waals surface area contributed by atoms with Gasteiger partial charge in [-0.2, -0.15) is 0 Å². The third kappa shape index (κ3) is 3.03. The molecular formula is C17H25ClN2. The molecule has 2 aliphatic rings. The van der Waals surface area contributed by atoms with Gasteiger partial charge in [-0.3, -0.25) is 0 Å². The Morgan fingerprint density at radius 3 is 2.60 bits per heavy atom. The highest BCUT2D eigenvalue weighted by Crippen LogP contribution is 2.33.